The SMILES string of the molecule is COc1cc(F)cc(C(=O)NC2CCC(C=O)CC2)c1. The van der Waals surface area contributed by atoms with Crippen LogP contribution in [-0.2, 0) is 4.79 Å². The lowest BCUT2D eigenvalue weighted by molar-refractivity contribution is -0.111. The van der Waals surface area contributed by atoms with Gasteiger partial charge in [0.05, 0.1) is 7.11 Å². The fourth-order valence-corrected chi connectivity index (χ4v) is 2.48. The van der Waals surface area contributed by atoms with Crippen LogP contribution in [-0.4, -0.2) is 25.3 Å². The molecule has 0 radical (unpaired) electrons. The molecule has 0 saturated heterocycles. The molecule has 0 bridgehead atoms. The zero-order valence-electron chi connectivity index (χ0n) is 11.4. The van der Waals surface area contributed by atoms with Gasteiger partial charge in [-0.3, -0.25) is 4.79 Å². The van der Waals surface area contributed by atoms with Gasteiger partial charge < -0.3 is 14.8 Å². The Morgan fingerprint density at radius 2 is 2.00 bits per heavy atom. The maximum Gasteiger partial charge on any atom is 0.251 e. The fraction of sp³-hybridized carbons (Fsp3) is 0.467. The van der Waals surface area contributed by atoms with Crippen LogP contribution >= 0.6 is 0 Å². The molecule has 0 aliphatic heterocycles. The van der Waals surface area contributed by atoms with Gasteiger partial charge in [0.2, 0.25) is 0 Å². The van der Waals surface area contributed by atoms with E-state index >= 15 is 0 Å². The van der Waals surface area contributed by atoms with Crippen molar-refractivity contribution < 1.29 is 18.7 Å². The van der Waals surface area contributed by atoms with Gasteiger partial charge in [-0.05, 0) is 37.8 Å². The van der Waals surface area contributed by atoms with Gasteiger partial charge in [0.1, 0.15) is 17.9 Å². The Bertz CT molecular complexity index is 496. The van der Waals surface area contributed by atoms with Crippen molar-refractivity contribution in [1.29, 1.82) is 0 Å². The van der Waals surface area contributed by atoms with E-state index in [1.807, 2.05) is 0 Å². The Morgan fingerprint density at radius 1 is 1.30 bits per heavy atom. The molecule has 0 unspecified atom stereocenters. The van der Waals surface area contributed by atoms with Crippen molar-refractivity contribution in [2.75, 3.05) is 7.11 Å². The van der Waals surface area contributed by atoms with Crippen LogP contribution in [0.2, 0.25) is 0 Å². The average Bonchev–Trinajstić information content (AvgIpc) is 2.47. The Kier molecular flexibility index (Phi) is 4.71. The number of hydrogen-bond acceptors (Lipinski definition) is 3. The summed E-state index contributed by atoms with van der Waals surface area (Å²) in [5, 5.41) is 2.88. The summed E-state index contributed by atoms with van der Waals surface area (Å²) in [5.74, 6) is -0.381. The number of carbonyl (C=O) groups is 2. The largest absolute Gasteiger partial charge is 0.497 e. The first-order chi connectivity index (χ1) is 9.62. The van der Waals surface area contributed by atoms with Gasteiger partial charge in [0.15, 0.2) is 0 Å². The van der Waals surface area contributed by atoms with Crippen molar-refractivity contribution in [2.45, 2.75) is 31.7 Å². The fourth-order valence-electron chi connectivity index (χ4n) is 2.48. The molecule has 1 amide bonds. The van der Waals surface area contributed by atoms with Gasteiger partial charge in [-0.15, -0.1) is 0 Å². The predicted molar refractivity (Wildman–Crippen MR) is 72.2 cm³/mol. The number of ether oxygens (including phenoxy) is 1. The number of rotatable bonds is 4. The van der Waals surface area contributed by atoms with Crippen LogP contribution in [0.1, 0.15) is 36.0 Å². The second-order valence-electron chi connectivity index (χ2n) is 5.10. The minimum Gasteiger partial charge on any atom is -0.497 e. The Balaban J connectivity index is 1.98. The molecule has 1 N–H and O–H groups in total. The van der Waals surface area contributed by atoms with Crippen LogP contribution in [0.4, 0.5) is 4.39 Å². The molecule has 0 atom stereocenters. The van der Waals surface area contributed by atoms with Crippen LogP contribution < -0.4 is 10.1 Å². The summed E-state index contributed by atoms with van der Waals surface area (Å²) in [6, 6.07) is 3.98. The maximum absolute atomic E-state index is 13.4. The summed E-state index contributed by atoms with van der Waals surface area (Å²) in [7, 11) is 1.43. The number of hydrogen-bond donors (Lipinski definition) is 1. The summed E-state index contributed by atoms with van der Waals surface area (Å²) < 4.78 is 18.3. The van der Waals surface area contributed by atoms with Crippen molar-refractivity contribution in [3.8, 4) is 5.75 Å². The molecule has 1 aliphatic rings. The highest BCUT2D eigenvalue weighted by Gasteiger charge is 2.22. The summed E-state index contributed by atoms with van der Waals surface area (Å²) in [6.45, 7) is 0. The third kappa shape index (κ3) is 3.56. The lowest BCUT2D eigenvalue weighted by Gasteiger charge is -2.26. The molecule has 0 aromatic heterocycles. The number of methoxy groups -OCH3 is 1. The molecule has 4 nitrogen and oxygen atoms in total. The van der Waals surface area contributed by atoms with E-state index in [-0.39, 0.29) is 23.4 Å². The third-order valence-electron chi connectivity index (χ3n) is 3.67. The second kappa shape index (κ2) is 6.50. The highest BCUT2D eigenvalue weighted by atomic mass is 19.1. The third-order valence-corrected chi connectivity index (χ3v) is 3.67. The molecule has 1 aromatic carbocycles. The first-order valence-electron chi connectivity index (χ1n) is 6.73. The van der Waals surface area contributed by atoms with Crippen LogP contribution in [0, 0.1) is 11.7 Å². The predicted octanol–water partition coefficient (Wildman–Crippen LogP) is 2.32. The van der Waals surface area contributed by atoms with Gasteiger partial charge in [-0.1, -0.05) is 0 Å². The molecule has 1 aliphatic carbocycles. The van der Waals surface area contributed by atoms with Crippen molar-refractivity contribution in [1.82, 2.24) is 5.32 Å². The van der Waals surface area contributed by atoms with Crippen LogP contribution in [0.25, 0.3) is 0 Å². The number of halogens is 1. The van der Waals surface area contributed by atoms with E-state index in [0.717, 1.165) is 32.0 Å². The van der Waals surface area contributed by atoms with Crippen molar-refractivity contribution in [3.63, 3.8) is 0 Å². The Morgan fingerprint density at radius 3 is 2.60 bits per heavy atom. The second-order valence-corrected chi connectivity index (χ2v) is 5.10. The van der Waals surface area contributed by atoms with E-state index in [2.05, 4.69) is 5.32 Å². The van der Waals surface area contributed by atoms with Crippen LogP contribution in [0.5, 0.6) is 5.75 Å². The molecule has 20 heavy (non-hydrogen) atoms. The highest BCUT2D eigenvalue weighted by Crippen LogP contribution is 2.23. The van der Waals surface area contributed by atoms with E-state index in [4.69, 9.17) is 4.74 Å². The number of amides is 1. The molecule has 5 heteroatoms. The number of benzene rings is 1. The van der Waals surface area contributed by atoms with Crippen molar-refractivity contribution in [3.05, 3.63) is 29.6 Å². The van der Waals surface area contributed by atoms with E-state index in [1.165, 1.54) is 25.3 Å². The lowest BCUT2D eigenvalue weighted by Crippen LogP contribution is -2.37. The van der Waals surface area contributed by atoms with Crippen molar-refractivity contribution >= 4 is 12.2 Å². The quantitative estimate of drug-likeness (QED) is 0.861. The zero-order valence-corrected chi connectivity index (χ0v) is 11.4. The molecule has 1 fully saturated rings. The molecule has 2 rings (SSSR count). The molecule has 108 valence electrons. The maximum atomic E-state index is 13.4. The van der Waals surface area contributed by atoms with Gasteiger partial charge >= 0.3 is 0 Å². The molecule has 0 spiro atoms. The van der Waals surface area contributed by atoms with Gasteiger partial charge in [0, 0.05) is 23.6 Å². The Labute approximate surface area is 117 Å². The molecule has 1 aromatic rings. The van der Waals surface area contributed by atoms with Crippen LogP contribution in [0.3, 0.4) is 0 Å². The van der Waals surface area contributed by atoms with Gasteiger partial charge in [-0.25, -0.2) is 4.39 Å². The standard InChI is InChI=1S/C15H18FNO3/c1-20-14-7-11(6-12(16)8-14)15(19)17-13-4-2-10(9-18)3-5-13/h6-10,13H,2-5H2,1H3,(H,17,19). The zero-order chi connectivity index (χ0) is 14.5. The number of carbonyl (C=O) groups excluding carboxylic acids is 2. The topological polar surface area (TPSA) is 55.4 Å². The minimum atomic E-state index is -0.501. The molecular formula is C15H18FNO3. The summed E-state index contributed by atoms with van der Waals surface area (Å²) >= 11 is 0. The van der Waals surface area contributed by atoms with E-state index in [1.54, 1.807) is 0 Å². The van der Waals surface area contributed by atoms with Gasteiger partial charge in [-0.2, -0.15) is 0 Å². The summed E-state index contributed by atoms with van der Waals surface area (Å²) in [6.07, 6.45) is 4.13. The minimum absolute atomic E-state index is 0.0490. The smallest absolute Gasteiger partial charge is 0.251 e. The molecule has 0 heterocycles. The average molecular weight is 279 g/mol. The summed E-state index contributed by atoms with van der Waals surface area (Å²) in [4.78, 5) is 22.8. The van der Waals surface area contributed by atoms with E-state index in [9.17, 15) is 14.0 Å². The number of aldehydes is 1. The van der Waals surface area contributed by atoms with E-state index < -0.39 is 5.82 Å². The molecule has 1 saturated carbocycles. The van der Waals surface area contributed by atoms with Crippen LogP contribution in [0.15, 0.2) is 18.2 Å². The first kappa shape index (κ1) is 14.5. The normalized spacial score (nSPS) is 22.1. The van der Waals surface area contributed by atoms with E-state index in [0.29, 0.717) is 5.75 Å². The number of nitrogens with one attached hydrogen (secondary N) is 1. The lowest BCUT2D eigenvalue weighted by atomic mass is 9.87. The Hall–Kier alpha value is -1.91. The highest BCUT2D eigenvalue weighted by molar-refractivity contribution is 5.94. The summed E-state index contributed by atoms with van der Waals surface area (Å²) in [5.41, 5.74) is 0.249. The molecular weight excluding hydrogens is 261 g/mol. The van der Waals surface area contributed by atoms with Crippen molar-refractivity contribution in [2.24, 2.45) is 5.92 Å². The first-order valence-corrected chi connectivity index (χ1v) is 6.73. The monoisotopic (exact) mass is 279 g/mol. The van der Waals surface area contributed by atoms with Gasteiger partial charge in [0.25, 0.3) is 5.91 Å².